The van der Waals surface area contributed by atoms with Crippen molar-refractivity contribution in [1.29, 1.82) is 0 Å². The number of nitrogens with zero attached hydrogens (tertiary/aromatic N) is 1. The van der Waals surface area contributed by atoms with E-state index in [1.165, 1.54) is 0 Å². The Morgan fingerprint density at radius 3 is 2.89 bits per heavy atom. The average molecular weight is 278 g/mol. The molecule has 0 spiro atoms. The largest absolute Gasteiger partial charge is 0.497 e. The molecule has 4 nitrogen and oxygen atoms in total. The number of benzene rings is 1. The number of ether oxygens (including phenoxy) is 1. The molecule has 1 unspecified atom stereocenters. The maximum absolute atomic E-state index is 9.03. The van der Waals surface area contributed by atoms with Crippen LogP contribution in [0.25, 0.3) is 10.9 Å². The summed E-state index contributed by atoms with van der Waals surface area (Å²) in [4.78, 5) is 4.41. The average Bonchev–Trinajstić information content (AvgIpc) is 2.44. The fourth-order valence-electron chi connectivity index (χ4n) is 1.73. The molecule has 0 bridgehead atoms. The van der Waals surface area contributed by atoms with Crippen LogP contribution in [0.4, 0.5) is 5.82 Å². The van der Waals surface area contributed by atoms with Gasteiger partial charge in [-0.25, -0.2) is 4.98 Å². The molecule has 0 aliphatic rings. The highest BCUT2D eigenvalue weighted by Gasteiger charge is 2.07. The molecule has 1 atom stereocenters. The van der Waals surface area contributed by atoms with Gasteiger partial charge in [-0.2, -0.15) is 11.8 Å². The number of rotatable bonds is 5. The Morgan fingerprint density at radius 1 is 1.42 bits per heavy atom. The van der Waals surface area contributed by atoms with Gasteiger partial charge in [0.15, 0.2) is 0 Å². The summed E-state index contributed by atoms with van der Waals surface area (Å²) in [7, 11) is 1.63. The van der Waals surface area contributed by atoms with Crippen LogP contribution in [-0.2, 0) is 5.75 Å². The van der Waals surface area contributed by atoms with Gasteiger partial charge < -0.3 is 15.6 Å². The number of nitrogen functional groups attached to an aromatic ring is 1. The Balaban J connectivity index is 2.28. The highest BCUT2D eigenvalue weighted by Crippen LogP contribution is 2.26. The number of thioether (sulfide) groups is 1. The van der Waals surface area contributed by atoms with E-state index in [0.29, 0.717) is 5.82 Å². The molecular formula is C14H18N2O2S. The van der Waals surface area contributed by atoms with Gasteiger partial charge in [-0.1, -0.05) is 6.92 Å². The van der Waals surface area contributed by atoms with Crippen molar-refractivity contribution in [3.05, 3.63) is 29.8 Å². The van der Waals surface area contributed by atoms with E-state index in [0.717, 1.165) is 28.0 Å². The lowest BCUT2D eigenvalue weighted by Gasteiger charge is -2.10. The van der Waals surface area contributed by atoms with E-state index in [9.17, 15) is 0 Å². The molecule has 0 aliphatic carbocycles. The van der Waals surface area contributed by atoms with Crippen LogP contribution in [-0.4, -0.2) is 29.1 Å². The van der Waals surface area contributed by atoms with Gasteiger partial charge in [0.1, 0.15) is 11.6 Å². The standard InChI is InChI=1S/C14H18N2O2S/c1-9(7-17)19-8-11-5-10-3-4-12(18-2)6-13(10)16-14(11)15/h3-6,9,17H,7-8H2,1-2H3,(H2,15,16). The van der Waals surface area contributed by atoms with Gasteiger partial charge in [-0.3, -0.25) is 0 Å². The molecule has 0 saturated carbocycles. The van der Waals surface area contributed by atoms with Crippen LogP contribution in [0.15, 0.2) is 24.3 Å². The zero-order chi connectivity index (χ0) is 13.8. The second-order valence-electron chi connectivity index (χ2n) is 4.40. The summed E-state index contributed by atoms with van der Waals surface area (Å²) >= 11 is 1.67. The molecule has 1 heterocycles. The number of aliphatic hydroxyl groups is 1. The van der Waals surface area contributed by atoms with Crippen LogP contribution in [0.5, 0.6) is 5.75 Å². The number of nitrogens with two attached hydrogens (primary N) is 1. The smallest absolute Gasteiger partial charge is 0.128 e. The molecule has 2 aromatic rings. The van der Waals surface area contributed by atoms with E-state index in [4.69, 9.17) is 15.6 Å². The summed E-state index contributed by atoms with van der Waals surface area (Å²) in [6, 6.07) is 7.81. The molecule has 0 fully saturated rings. The third-order valence-corrected chi connectivity index (χ3v) is 4.11. The van der Waals surface area contributed by atoms with Gasteiger partial charge in [-0.15, -0.1) is 0 Å². The van der Waals surface area contributed by atoms with Crippen LogP contribution >= 0.6 is 11.8 Å². The quantitative estimate of drug-likeness (QED) is 0.879. The predicted molar refractivity (Wildman–Crippen MR) is 80.6 cm³/mol. The van der Waals surface area contributed by atoms with Crippen LogP contribution < -0.4 is 10.5 Å². The van der Waals surface area contributed by atoms with Crippen LogP contribution in [0, 0.1) is 0 Å². The molecule has 0 saturated heterocycles. The molecule has 1 aromatic heterocycles. The van der Waals surface area contributed by atoms with Gasteiger partial charge in [0.25, 0.3) is 0 Å². The predicted octanol–water partition coefficient (Wildman–Crippen LogP) is 2.44. The van der Waals surface area contributed by atoms with Crippen molar-refractivity contribution in [2.24, 2.45) is 0 Å². The van der Waals surface area contributed by atoms with E-state index >= 15 is 0 Å². The van der Waals surface area contributed by atoms with Crippen molar-refractivity contribution in [3.63, 3.8) is 0 Å². The van der Waals surface area contributed by atoms with E-state index in [2.05, 4.69) is 4.98 Å². The van der Waals surface area contributed by atoms with Crippen molar-refractivity contribution in [2.75, 3.05) is 19.5 Å². The Hall–Kier alpha value is -1.46. The minimum Gasteiger partial charge on any atom is -0.497 e. The maximum Gasteiger partial charge on any atom is 0.128 e. The first-order valence-corrected chi connectivity index (χ1v) is 7.14. The third kappa shape index (κ3) is 3.30. The number of aliphatic hydroxyl groups excluding tert-OH is 1. The van der Waals surface area contributed by atoms with Gasteiger partial charge in [0, 0.05) is 28.0 Å². The lowest BCUT2D eigenvalue weighted by atomic mass is 10.1. The first-order valence-electron chi connectivity index (χ1n) is 6.09. The first kappa shape index (κ1) is 14.0. The number of hydrogen-bond acceptors (Lipinski definition) is 5. The Morgan fingerprint density at radius 2 is 2.21 bits per heavy atom. The number of methoxy groups -OCH3 is 1. The second kappa shape index (κ2) is 6.12. The molecular weight excluding hydrogens is 260 g/mol. The van der Waals surface area contributed by atoms with Crippen molar-refractivity contribution >= 4 is 28.5 Å². The SMILES string of the molecule is COc1ccc2cc(CSC(C)CO)c(N)nc2c1. The lowest BCUT2D eigenvalue weighted by molar-refractivity contribution is 0.300. The van der Waals surface area contributed by atoms with E-state index in [-0.39, 0.29) is 11.9 Å². The molecule has 0 radical (unpaired) electrons. The van der Waals surface area contributed by atoms with E-state index in [1.807, 2.05) is 31.2 Å². The number of aromatic nitrogens is 1. The molecule has 0 aliphatic heterocycles. The summed E-state index contributed by atoms with van der Waals surface area (Å²) in [5.41, 5.74) is 7.81. The Kier molecular flexibility index (Phi) is 4.50. The highest BCUT2D eigenvalue weighted by atomic mass is 32.2. The summed E-state index contributed by atoms with van der Waals surface area (Å²) < 4.78 is 5.17. The zero-order valence-corrected chi connectivity index (χ0v) is 11.9. The first-order chi connectivity index (χ1) is 9.13. The molecule has 102 valence electrons. The van der Waals surface area contributed by atoms with Crippen molar-refractivity contribution in [1.82, 2.24) is 4.98 Å². The Labute approximate surface area is 117 Å². The topological polar surface area (TPSA) is 68.4 Å². The molecule has 2 rings (SSSR count). The third-order valence-electron chi connectivity index (χ3n) is 2.92. The van der Waals surface area contributed by atoms with Crippen molar-refractivity contribution in [3.8, 4) is 5.75 Å². The maximum atomic E-state index is 9.03. The fourth-order valence-corrected chi connectivity index (χ4v) is 2.53. The summed E-state index contributed by atoms with van der Waals surface area (Å²) in [5, 5.41) is 10.3. The van der Waals surface area contributed by atoms with Gasteiger partial charge in [0.05, 0.1) is 19.2 Å². The number of fused-ring (bicyclic) bond motifs is 1. The van der Waals surface area contributed by atoms with Crippen LogP contribution in [0.3, 0.4) is 0 Å². The molecule has 1 aromatic carbocycles. The molecule has 3 N–H and O–H groups in total. The normalized spacial score (nSPS) is 12.6. The van der Waals surface area contributed by atoms with Gasteiger partial charge in [-0.05, 0) is 18.2 Å². The zero-order valence-electron chi connectivity index (χ0n) is 11.1. The van der Waals surface area contributed by atoms with Crippen molar-refractivity contribution in [2.45, 2.75) is 17.9 Å². The molecule has 5 heteroatoms. The highest BCUT2D eigenvalue weighted by molar-refractivity contribution is 7.99. The van der Waals surface area contributed by atoms with Crippen LogP contribution in [0.1, 0.15) is 12.5 Å². The number of hydrogen-bond donors (Lipinski definition) is 2. The summed E-state index contributed by atoms with van der Waals surface area (Å²) in [6.45, 7) is 2.16. The van der Waals surface area contributed by atoms with Gasteiger partial charge >= 0.3 is 0 Å². The Bertz CT molecular complexity index is 575. The second-order valence-corrected chi connectivity index (χ2v) is 5.82. The van der Waals surface area contributed by atoms with E-state index < -0.39 is 0 Å². The van der Waals surface area contributed by atoms with Crippen LogP contribution in [0.2, 0.25) is 0 Å². The minimum absolute atomic E-state index is 0.169. The monoisotopic (exact) mass is 278 g/mol. The molecule has 19 heavy (non-hydrogen) atoms. The fraction of sp³-hybridized carbons (Fsp3) is 0.357. The lowest BCUT2D eigenvalue weighted by Crippen LogP contribution is -2.04. The summed E-state index contributed by atoms with van der Waals surface area (Å²) in [6.07, 6.45) is 0. The molecule has 0 amide bonds. The number of anilines is 1. The van der Waals surface area contributed by atoms with Gasteiger partial charge in [0.2, 0.25) is 0 Å². The van der Waals surface area contributed by atoms with Crippen molar-refractivity contribution < 1.29 is 9.84 Å². The summed E-state index contributed by atoms with van der Waals surface area (Å²) in [5.74, 6) is 2.07. The number of pyridine rings is 1. The minimum atomic E-state index is 0.169. The van der Waals surface area contributed by atoms with E-state index in [1.54, 1.807) is 18.9 Å².